The van der Waals surface area contributed by atoms with E-state index in [1.165, 1.54) is 38.5 Å². The van der Waals surface area contributed by atoms with E-state index in [9.17, 15) is 10.1 Å². The molecule has 4 nitrogen and oxygen atoms in total. The van der Waals surface area contributed by atoms with Crippen molar-refractivity contribution < 1.29 is 4.79 Å². The Morgan fingerprint density at radius 2 is 1.79 bits per heavy atom. The van der Waals surface area contributed by atoms with Crippen molar-refractivity contribution in [1.82, 2.24) is 5.32 Å². The van der Waals surface area contributed by atoms with Gasteiger partial charge in [-0.05, 0) is 86.8 Å². The van der Waals surface area contributed by atoms with Crippen LogP contribution >= 0.6 is 23.2 Å². The number of amides is 1. The first-order chi connectivity index (χ1) is 13.4. The van der Waals surface area contributed by atoms with Gasteiger partial charge in [0.2, 0.25) is 0 Å². The molecule has 4 saturated carbocycles. The second-order valence-corrected chi connectivity index (χ2v) is 9.74. The van der Waals surface area contributed by atoms with Gasteiger partial charge in [-0.25, -0.2) is 0 Å². The molecule has 2 N–H and O–H groups in total. The molecule has 6 heteroatoms. The third kappa shape index (κ3) is 3.75. The molecule has 4 aliphatic rings. The molecule has 148 valence electrons. The summed E-state index contributed by atoms with van der Waals surface area (Å²) in [6.07, 6.45) is 9.61. The highest BCUT2D eigenvalue weighted by Crippen LogP contribution is 2.61. The fourth-order valence-corrected chi connectivity index (χ4v) is 6.31. The lowest BCUT2D eigenvalue weighted by atomic mass is 9.48. The number of nitrogens with one attached hydrogen (secondary N) is 2. The highest BCUT2D eigenvalue weighted by molar-refractivity contribution is 6.42. The number of hydrogen-bond acceptors (Lipinski definition) is 3. The summed E-state index contributed by atoms with van der Waals surface area (Å²) in [5.74, 6) is 2.15. The number of nitrogens with zero attached hydrogens (tertiary/aromatic N) is 1. The van der Waals surface area contributed by atoms with Crippen LogP contribution in [0, 0.1) is 34.5 Å². The van der Waals surface area contributed by atoms with E-state index >= 15 is 0 Å². The highest BCUT2D eigenvalue weighted by Gasteiger charge is 2.53. The number of nitriles is 1. The topological polar surface area (TPSA) is 64.9 Å². The molecule has 4 fully saturated rings. The Kier molecular flexibility index (Phi) is 5.33. The standard InChI is InChI=1S/C22H25Cl2N3O/c1-13(22-8-14-4-15(9-22)6-16(5-14)10-22)26-12-17(11-25)21(28)27-18-2-3-19(23)20(24)7-18/h2-3,7,12-16,26H,4-6,8-10H2,1H3,(H,27,28)/b17-12-. The van der Waals surface area contributed by atoms with Crippen molar-refractivity contribution in [2.24, 2.45) is 23.2 Å². The number of carbonyl (C=O) groups excluding carboxylic acids is 1. The summed E-state index contributed by atoms with van der Waals surface area (Å²) in [6, 6.07) is 7.10. The molecule has 4 aliphatic carbocycles. The van der Waals surface area contributed by atoms with Gasteiger partial charge in [0.15, 0.2) is 0 Å². The van der Waals surface area contributed by atoms with Gasteiger partial charge in [-0.15, -0.1) is 0 Å². The smallest absolute Gasteiger partial charge is 0.267 e. The molecule has 1 aromatic rings. The maximum absolute atomic E-state index is 12.5. The number of rotatable bonds is 5. The van der Waals surface area contributed by atoms with Crippen LogP contribution < -0.4 is 10.6 Å². The van der Waals surface area contributed by atoms with Crippen molar-refractivity contribution in [2.45, 2.75) is 51.5 Å². The first-order valence-corrected chi connectivity index (χ1v) is 10.8. The Hall–Kier alpha value is -1.70. The molecule has 0 spiro atoms. The van der Waals surface area contributed by atoms with Gasteiger partial charge in [0.25, 0.3) is 5.91 Å². The van der Waals surface area contributed by atoms with E-state index in [-0.39, 0.29) is 11.6 Å². The maximum Gasteiger partial charge on any atom is 0.267 e. The summed E-state index contributed by atoms with van der Waals surface area (Å²) < 4.78 is 0. The van der Waals surface area contributed by atoms with Gasteiger partial charge >= 0.3 is 0 Å². The minimum absolute atomic E-state index is 0.0580. The van der Waals surface area contributed by atoms with Crippen molar-refractivity contribution in [1.29, 1.82) is 5.26 Å². The van der Waals surface area contributed by atoms with Crippen LogP contribution in [0.5, 0.6) is 0 Å². The van der Waals surface area contributed by atoms with Crippen molar-refractivity contribution in [3.8, 4) is 6.07 Å². The molecule has 5 rings (SSSR count). The lowest BCUT2D eigenvalue weighted by Crippen LogP contribution is -2.54. The fourth-order valence-electron chi connectivity index (χ4n) is 6.01. The Morgan fingerprint density at radius 1 is 1.18 bits per heavy atom. The number of hydrogen-bond donors (Lipinski definition) is 2. The van der Waals surface area contributed by atoms with Crippen LogP contribution in [0.4, 0.5) is 5.69 Å². The second kappa shape index (κ2) is 7.61. The van der Waals surface area contributed by atoms with Crippen LogP contribution in [0.3, 0.4) is 0 Å². The van der Waals surface area contributed by atoms with Crippen LogP contribution in [-0.2, 0) is 4.79 Å². The Balaban J connectivity index is 1.43. The zero-order valence-corrected chi connectivity index (χ0v) is 17.5. The van der Waals surface area contributed by atoms with E-state index < -0.39 is 5.91 Å². The predicted octanol–water partition coefficient (Wildman–Crippen LogP) is 5.53. The molecule has 0 saturated heterocycles. The summed E-state index contributed by atoms with van der Waals surface area (Å²) in [7, 11) is 0. The summed E-state index contributed by atoms with van der Waals surface area (Å²) in [5, 5.41) is 16.3. The second-order valence-electron chi connectivity index (χ2n) is 8.92. The monoisotopic (exact) mass is 417 g/mol. The summed E-state index contributed by atoms with van der Waals surface area (Å²) in [4.78, 5) is 12.5. The zero-order chi connectivity index (χ0) is 19.9. The molecule has 1 unspecified atom stereocenters. The van der Waals surface area contributed by atoms with Crippen molar-refractivity contribution >= 4 is 34.8 Å². The molecule has 1 aromatic carbocycles. The van der Waals surface area contributed by atoms with Crippen LogP contribution in [-0.4, -0.2) is 11.9 Å². The minimum Gasteiger partial charge on any atom is -0.387 e. The molecule has 1 atom stereocenters. The van der Waals surface area contributed by atoms with Crippen molar-refractivity contribution in [3.05, 3.63) is 40.0 Å². The van der Waals surface area contributed by atoms with Gasteiger partial charge in [0.1, 0.15) is 11.6 Å². The van der Waals surface area contributed by atoms with Crippen molar-refractivity contribution in [3.63, 3.8) is 0 Å². The molecule has 1 amide bonds. The molecule has 28 heavy (non-hydrogen) atoms. The molecular weight excluding hydrogens is 393 g/mol. The largest absolute Gasteiger partial charge is 0.387 e. The third-order valence-electron chi connectivity index (χ3n) is 7.02. The van der Waals surface area contributed by atoms with Crippen molar-refractivity contribution in [2.75, 3.05) is 5.32 Å². The number of benzene rings is 1. The SMILES string of the molecule is CC(N/C=C(/C#N)C(=O)Nc1ccc(Cl)c(Cl)c1)C12CC3CC(CC(C3)C1)C2. The summed E-state index contributed by atoms with van der Waals surface area (Å²) in [6.45, 7) is 2.20. The Labute approximate surface area is 176 Å². The first kappa shape index (κ1) is 19.6. The zero-order valence-electron chi connectivity index (χ0n) is 16.0. The van der Waals surface area contributed by atoms with Gasteiger partial charge in [-0.2, -0.15) is 5.26 Å². The summed E-state index contributed by atoms with van der Waals surface area (Å²) >= 11 is 11.9. The van der Waals surface area contributed by atoms with Crippen LogP contribution in [0.15, 0.2) is 30.0 Å². The van der Waals surface area contributed by atoms with Crippen LogP contribution in [0.25, 0.3) is 0 Å². The molecular formula is C22H25Cl2N3O. The van der Waals surface area contributed by atoms with E-state index in [0.29, 0.717) is 21.1 Å². The number of halogens is 2. The predicted molar refractivity (Wildman–Crippen MR) is 112 cm³/mol. The van der Waals surface area contributed by atoms with E-state index in [4.69, 9.17) is 23.2 Å². The van der Waals surface area contributed by atoms with E-state index in [2.05, 4.69) is 17.6 Å². The van der Waals surface area contributed by atoms with Gasteiger partial charge in [-0.1, -0.05) is 23.2 Å². The van der Waals surface area contributed by atoms with E-state index in [1.54, 1.807) is 24.4 Å². The molecule has 0 aliphatic heterocycles. The summed E-state index contributed by atoms with van der Waals surface area (Å²) in [5.41, 5.74) is 0.878. The van der Waals surface area contributed by atoms with E-state index in [0.717, 1.165) is 17.8 Å². The average molecular weight is 418 g/mol. The molecule has 4 bridgehead atoms. The molecule has 0 heterocycles. The van der Waals surface area contributed by atoms with Gasteiger partial charge in [0, 0.05) is 17.9 Å². The van der Waals surface area contributed by atoms with Gasteiger partial charge in [0.05, 0.1) is 10.0 Å². The lowest BCUT2D eigenvalue weighted by molar-refractivity contribution is -0.112. The van der Waals surface area contributed by atoms with Crippen LogP contribution in [0.2, 0.25) is 10.0 Å². The fraction of sp³-hybridized carbons (Fsp3) is 0.545. The lowest BCUT2D eigenvalue weighted by Gasteiger charge is -2.59. The number of carbonyl (C=O) groups is 1. The quantitative estimate of drug-likeness (QED) is 0.488. The van der Waals surface area contributed by atoms with Gasteiger partial charge < -0.3 is 10.6 Å². The molecule has 0 aromatic heterocycles. The third-order valence-corrected chi connectivity index (χ3v) is 7.76. The van der Waals surface area contributed by atoms with Crippen LogP contribution in [0.1, 0.15) is 45.4 Å². The highest BCUT2D eigenvalue weighted by atomic mass is 35.5. The maximum atomic E-state index is 12.5. The minimum atomic E-state index is -0.453. The van der Waals surface area contributed by atoms with E-state index in [1.807, 2.05) is 6.07 Å². The first-order valence-electron chi connectivity index (χ1n) is 10.0. The number of anilines is 1. The Bertz CT molecular complexity index is 823. The average Bonchev–Trinajstić information content (AvgIpc) is 2.64. The molecule has 0 radical (unpaired) electrons. The Morgan fingerprint density at radius 3 is 2.32 bits per heavy atom. The van der Waals surface area contributed by atoms with Gasteiger partial charge in [-0.3, -0.25) is 4.79 Å². The normalized spacial score (nSPS) is 31.9.